The van der Waals surface area contributed by atoms with Gasteiger partial charge in [0.15, 0.2) is 5.78 Å². The fourth-order valence-corrected chi connectivity index (χ4v) is 3.36. The molecular weight excluding hydrogens is 373 g/mol. The van der Waals surface area contributed by atoms with Crippen LogP contribution in [0.25, 0.3) is 0 Å². The molecule has 1 amide bonds. The van der Waals surface area contributed by atoms with Crippen molar-refractivity contribution < 1.29 is 22.8 Å². The average Bonchev–Trinajstić information content (AvgIpc) is 3.05. The highest BCUT2D eigenvalue weighted by Crippen LogP contribution is 2.30. The number of Topliss-reactive ketones (excluding diaryl/α,β-unsaturated/α-hetero) is 1. The van der Waals surface area contributed by atoms with Crippen molar-refractivity contribution in [2.24, 2.45) is 13.0 Å². The first-order valence-corrected chi connectivity index (χ1v) is 8.94. The number of carbonyl (C=O) groups is 2. The van der Waals surface area contributed by atoms with Gasteiger partial charge in [0.25, 0.3) is 0 Å². The average molecular weight is 394 g/mol. The Hall–Kier alpha value is -2.68. The second-order valence-electron chi connectivity index (χ2n) is 6.96. The fourth-order valence-electron chi connectivity index (χ4n) is 3.36. The van der Waals surface area contributed by atoms with Crippen LogP contribution in [0.4, 0.5) is 18.9 Å². The van der Waals surface area contributed by atoms with Crippen LogP contribution in [0.1, 0.15) is 28.8 Å². The maximum absolute atomic E-state index is 12.7. The second-order valence-corrected chi connectivity index (χ2v) is 6.96. The van der Waals surface area contributed by atoms with E-state index < -0.39 is 11.7 Å². The molecule has 2 aromatic rings. The minimum absolute atomic E-state index is 0.145. The van der Waals surface area contributed by atoms with Gasteiger partial charge in [-0.3, -0.25) is 19.2 Å². The molecule has 1 saturated heterocycles. The van der Waals surface area contributed by atoms with E-state index in [4.69, 9.17) is 0 Å². The van der Waals surface area contributed by atoms with Crippen molar-refractivity contribution >= 4 is 17.4 Å². The van der Waals surface area contributed by atoms with Crippen LogP contribution < -0.4 is 5.32 Å². The summed E-state index contributed by atoms with van der Waals surface area (Å²) in [6, 6.07) is 4.29. The highest BCUT2D eigenvalue weighted by molar-refractivity contribution is 5.98. The third kappa shape index (κ3) is 4.98. The number of carbonyl (C=O) groups excluding carboxylic acids is 2. The van der Waals surface area contributed by atoms with Gasteiger partial charge in [-0.2, -0.15) is 18.3 Å². The Labute approximate surface area is 160 Å². The number of hydrogen-bond acceptors (Lipinski definition) is 4. The summed E-state index contributed by atoms with van der Waals surface area (Å²) in [7, 11) is 1.75. The molecule has 9 heteroatoms. The molecule has 1 aliphatic heterocycles. The molecule has 1 N–H and O–H groups in total. The van der Waals surface area contributed by atoms with Crippen LogP contribution in [-0.2, 0) is 18.0 Å². The van der Waals surface area contributed by atoms with Gasteiger partial charge in [0.2, 0.25) is 5.91 Å². The fraction of sp³-hybridized carbons (Fsp3) is 0.421. The number of piperidine rings is 1. The van der Waals surface area contributed by atoms with E-state index in [0.29, 0.717) is 25.2 Å². The third-order valence-electron chi connectivity index (χ3n) is 4.73. The van der Waals surface area contributed by atoms with E-state index in [2.05, 4.69) is 10.4 Å². The second kappa shape index (κ2) is 8.14. The van der Waals surface area contributed by atoms with Gasteiger partial charge in [0.1, 0.15) is 0 Å². The largest absolute Gasteiger partial charge is 0.416 e. The number of halogens is 3. The minimum atomic E-state index is -4.43. The summed E-state index contributed by atoms with van der Waals surface area (Å²) in [5, 5.41) is 6.73. The van der Waals surface area contributed by atoms with Gasteiger partial charge < -0.3 is 5.32 Å². The predicted octanol–water partition coefficient (Wildman–Crippen LogP) is 2.97. The van der Waals surface area contributed by atoms with Crippen LogP contribution in [0.3, 0.4) is 0 Å². The highest BCUT2D eigenvalue weighted by Gasteiger charge is 2.31. The molecule has 0 saturated carbocycles. The van der Waals surface area contributed by atoms with Gasteiger partial charge in [-0.1, -0.05) is 12.1 Å². The van der Waals surface area contributed by atoms with Crippen molar-refractivity contribution in [2.45, 2.75) is 19.0 Å². The lowest BCUT2D eigenvalue weighted by atomic mass is 9.89. The topological polar surface area (TPSA) is 67.2 Å². The number of aromatic nitrogens is 2. The molecule has 0 bridgehead atoms. The van der Waals surface area contributed by atoms with Crippen LogP contribution in [0, 0.1) is 5.92 Å². The molecule has 0 radical (unpaired) electrons. The number of ketones is 1. The van der Waals surface area contributed by atoms with Crippen molar-refractivity contribution in [3.05, 3.63) is 47.8 Å². The Balaban J connectivity index is 1.58. The zero-order valence-electron chi connectivity index (χ0n) is 15.4. The molecule has 28 heavy (non-hydrogen) atoms. The molecule has 1 fully saturated rings. The first kappa shape index (κ1) is 20.1. The zero-order chi connectivity index (χ0) is 20.3. The van der Waals surface area contributed by atoms with Gasteiger partial charge >= 0.3 is 6.18 Å². The number of benzene rings is 1. The van der Waals surface area contributed by atoms with Gasteiger partial charge in [0, 0.05) is 31.3 Å². The Morgan fingerprint density at radius 3 is 2.57 bits per heavy atom. The standard InChI is InChI=1S/C19H21F3N4O2/c1-25-11-16(9-23-25)24-17(27)12-26-8-2-3-14(10-26)18(28)13-4-6-15(7-5-13)19(20,21)22/h4-7,9,11,14H,2-3,8,10,12H2,1H3,(H,24,27). The van der Waals surface area contributed by atoms with E-state index in [1.54, 1.807) is 24.1 Å². The maximum atomic E-state index is 12.7. The van der Waals surface area contributed by atoms with E-state index >= 15 is 0 Å². The first-order valence-electron chi connectivity index (χ1n) is 8.94. The number of likely N-dealkylation sites (tertiary alicyclic amines) is 1. The quantitative estimate of drug-likeness (QED) is 0.792. The monoisotopic (exact) mass is 394 g/mol. The number of nitrogens with zero attached hydrogens (tertiary/aromatic N) is 3. The lowest BCUT2D eigenvalue weighted by Gasteiger charge is -2.31. The normalized spacial score (nSPS) is 18.1. The SMILES string of the molecule is Cn1cc(NC(=O)CN2CCCC(C(=O)c3ccc(C(F)(F)F)cc3)C2)cn1. The van der Waals surface area contributed by atoms with Gasteiger partial charge in [0.05, 0.1) is 24.0 Å². The molecule has 3 rings (SSSR count). The van der Waals surface area contributed by atoms with Crippen LogP contribution >= 0.6 is 0 Å². The van der Waals surface area contributed by atoms with Crippen molar-refractivity contribution in [3.63, 3.8) is 0 Å². The summed E-state index contributed by atoms with van der Waals surface area (Å²) in [6.07, 6.45) is 0.207. The summed E-state index contributed by atoms with van der Waals surface area (Å²) in [5.74, 6) is -0.724. The Morgan fingerprint density at radius 2 is 1.96 bits per heavy atom. The van der Waals surface area contributed by atoms with Gasteiger partial charge in [-0.25, -0.2) is 0 Å². The van der Waals surface area contributed by atoms with Crippen molar-refractivity contribution in [1.29, 1.82) is 0 Å². The Kier molecular flexibility index (Phi) is 5.83. The Bertz CT molecular complexity index is 846. The summed E-state index contributed by atoms with van der Waals surface area (Å²) in [6.45, 7) is 1.24. The molecule has 1 atom stereocenters. The highest BCUT2D eigenvalue weighted by atomic mass is 19.4. The molecule has 150 valence electrons. The van der Waals surface area contributed by atoms with E-state index in [-0.39, 0.29) is 29.7 Å². The van der Waals surface area contributed by atoms with Crippen LogP contribution in [0.15, 0.2) is 36.7 Å². The zero-order valence-corrected chi connectivity index (χ0v) is 15.4. The number of rotatable bonds is 5. The maximum Gasteiger partial charge on any atom is 0.416 e. The Morgan fingerprint density at radius 1 is 1.25 bits per heavy atom. The smallest absolute Gasteiger partial charge is 0.322 e. The van der Waals surface area contributed by atoms with Crippen LogP contribution in [0.5, 0.6) is 0 Å². The van der Waals surface area contributed by atoms with E-state index in [1.165, 1.54) is 12.1 Å². The molecule has 1 unspecified atom stereocenters. The predicted molar refractivity (Wildman–Crippen MR) is 96.8 cm³/mol. The number of hydrogen-bond donors (Lipinski definition) is 1. The van der Waals surface area contributed by atoms with Crippen molar-refractivity contribution in [2.75, 3.05) is 25.0 Å². The van der Waals surface area contributed by atoms with E-state index in [1.807, 2.05) is 4.90 Å². The number of anilines is 1. The summed E-state index contributed by atoms with van der Waals surface area (Å²) >= 11 is 0. The van der Waals surface area contributed by atoms with Gasteiger partial charge in [-0.05, 0) is 31.5 Å². The summed E-state index contributed by atoms with van der Waals surface area (Å²) in [4.78, 5) is 26.7. The number of aryl methyl sites for hydroxylation is 1. The molecular formula is C19H21F3N4O2. The molecule has 0 spiro atoms. The first-order chi connectivity index (χ1) is 13.2. The lowest BCUT2D eigenvalue weighted by Crippen LogP contribution is -2.42. The molecule has 1 aromatic carbocycles. The summed E-state index contributed by atoms with van der Waals surface area (Å²) < 4.78 is 39.6. The minimum Gasteiger partial charge on any atom is -0.322 e. The number of amides is 1. The number of nitrogens with one attached hydrogen (secondary N) is 1. The van der Waals surface area contributed by atoms with Crippen LogP contribution in [0.2, 0.25) is 0 Å². The van der Waals surface area contributed by atoms with Crippen molar-refractivity contribution in [1.82, 2.24) is 14.7 Å². The van der Waals surface area contributed by atoms with Crippen molar-refractivity contribution in [3.8, 4) is 0 Å². The molecule has 0 aliphatic carbocycles. The summed E-state index contributed by atoms with van der Waals surface area (Å²) in [5.41, 5.74) is 0.0861. The van der Waals surface area contributed by atoms with Crippen LogP contribution in [-0.4, -0.2) is 46.0 Å². The van der Waals surface area contributed by atoms with E-state index in [0.717, 1.165) is 18.6 Å². The third-order valence-corrected chi connectivity index (χ3v) is 4.73. The lowest BCUT2D eigenvalue weighted by molar-refractivity contribution is -0.137. The molecule has 1 aliphatic rings. The van der Waals surface area contributed by atoms with Gasteiger partial charge in [-0.15, -0.1) is 0 Å². The number of alkyl halides is 3. The molecule has 1 aromatic heterocycles. The molecule has 6 nitrogen and oxygen atoms in total. The molecule has 2 heterocycles. The van der Waals surface area contributed by atoms with E-state index in [9.17, 15) is 22.8 Å².